The third-order valence-electron chi connectivity index (χ3n) is 1.05. The van der Waals surface area contributed by atoms with Gasteiger partial charge in [-0.1, -0.05) is 0 Å². The lowest BCUT2D eigenvalue weighted by Gasteiger charge is -1.99. The minimum Gasteiger partial charge on any atom is -0.323 e. The summed E-state index contributed by atoms with van der Waals surface area (Å²) in [5.74, 6) is 0. The minimum atomic E-state index is -0.0151. The van der Waals surface area contributed by atoms with Crippen LogP contribution in [0.5, 0.6) is 0 Å². The molecule has 0 aliphatic heterocycles. The van der Waals surface area contributed by atoms with Gasteiger partial charge in [-0.05, 0) is 6.92 Å². The Morgan fingerprint density at radius 3 is 2.27 bits per heavy atom. The molecule has 1 aromatic heterocycles. The molecule has 0 amide bonds. The van der Waals surface area contributed by atoms with Gasteiger partial charge >= 0.3 is 0 Å². The normalized spacial score (nSPS) is 10.7. The van der Waals surface area contributed by atoms with E-state index >= 15 is 0 Å². The van der Waals surface area contributed by atoms with Crippen molar-refractivity contribution in [2.45, 2.75) is 13.0 Å². The molecule has 2 N–H and O–H groups in total. The van der Waals surface area contributed by atoms with Crippen LogP contribution in [0.25, 0.3) is 0 Å². The topological polar surface area (TPSA) is 51.8 Å². The molecule has 3 nitrogen and oxygen atoms in total. The Kier molecular flexibility index (Phi) is 7.62. The summed E-state index contributed by atoms with van der Waals surface area (Å²) in [6.07, 6.45) is 4.94. The van der Waals surface area contributed by atoms with Crippen molar-refractivity contribution in [2.24, 2.45) is 5.73 Å². The van der Waals surface area contributed by atoms with Gasteiger partial charge in [0, 0.05) is 24.6 Å². The SMILES string of the molecule is CC(N)c1cnccn1.Cl.Cl. The molecule has 1 atom stereocenters. The van der Waals surface area contributed by atoms with Gasteiger partial charge in [-0.2, -0.15) is 0 Å². The summed E-state index contributed by atoms with van der Waals surface area (Å²) in [6, 6.07) is -0.0151. The highest BCUT2D eigenvalue weighted by Crippen LogP contribution is 2.00. The molecule has 11 heavy (non-hydrogen) atoms. The van der Waals surface area contributed by atoms with E-state index in [4.69, 9.17) is 5.73 Å². The van der Waals surface area contributed by atoms with Crippen molar-refractivity contribution in [1.29, 1.82) is 0 Å². The van der Waals surface area contributed by atoms with Gasteiger partial charge in [0.1, 0.15) is 0 Å². The van der Waals surface area contributed by atoms with Crippen LogP contribution in [-0.2, 0) is 0 Å². The van der Waals surface area contributed by atoms with Gasteiger partial charge in [0.05, 0.1) is 5.69 Å². The number of rotatable bonds is 1. The van der Waals surface area contributed by atoms with E-state index in [1.807, 2.05) is 6.92 Å². The molecule has 1 unspecified atom stereocenters. The molecule has 0 aromatic carbocycles. The molecule has 0 bridgehead atoms. The number of halogens is 2. The molecule has 5 heteroatoms. The summed E-state index contributed by atoms with van der Waals surface area (Å²) in [5, 5.41) is 0. The summed E-state index contributed by atoms with van der Waals surface area (Å²) in [6.45, 7) is 1.88. The zero-order valence-corrected chi connectivity index (χ0v) is 7.73. The van der Waals surface area contributed by atoms with E-state index in [9.17, 15) is 0 Å². The molecule has 64 valence electrons. The minimum absolute atomic E-state index is 0. The molecular weight excluding hydrogens is 185 g/mol. The van der Waals surface area contributed by atoms with Gasteiger partial charge < -0.3 is 5.73 Å². The van der Waals surface area contributed by atoms with Gasteiger partial charge in [0.15, 0.2) is 0 Å². The molecule has 0 saturated heterocycles. The van der Waals surface area contributed by atoms with E-state index in [1.165, 1.54) is 0 Å². The Morgan fingerprint density at radius 1 is 1.36 bits per heavy atom. The van der Waals surface area contributed by atoms with Crippen LogP contribution in [0.4, 0.5) is 0 Å². The smallest absolute Gasteiger partial charge is 0.0751 e. The van der Waals surface area contributed by atoms with Crippen molar-refractivity contribution in [1.82, 2.24) is 9.97 Å². The summed E-state index contributed by atoms with van der Waals surface area (Å²) in [5.41, 5.74) is 6.34. The number of nitrogens with two attached hydrogens (primary N) is 1. The van der Waals surface area contributed by atoms with Crippen LogP contribution in [0.2, 0.25) is 0 Å². The fraction of sp³-hybridized carbons (Fsp3) is 0.333. The van der Waals surface area contributed by atoms with Crippen molar-refractivity contribution in [3.05, 3.63) is 24.3 Å². The highest BCUT2D eigenvalue weighted by molar-refractivity contribution is 5.85. The second-order valence-electron chi connectivity index (χ2n) is 1.92. The average Bonchev–Trinajstić information content (AvgIpc) is 1.90. The maximum atomic E-state index is 5.51. The molecule has 0 fully saturated rings. The Balaban J connectivity index is 0. The number of nitrogens with zero attached hydrogens (tertiary/aromatic N) is 2. The Bertz CT molecular complexity index is 178. The molecule has 0 aliphatic rings. The van der Waals surface area contributed by atoms with Crippen molar-refractivity contribution < 1.29 is 0 Å². The summed E-state index contributed by atoms with van der Waals surface area (Å²) in [4.78, 5) is 7.85. The molecule has 0 saturated carbocycles. The maximum absolute atomic E-state index is 5.51. The monoisotopic (exact) mass is 195 g/mol. The van der Waals surface area contributed by atoms with E-state index < -0.39 is 0 Å². The summed E-state index contributed by atoms with van der Waals surface area (Å²) < 4.78 is 0. The van der Waals surface area contributed by atoms with Crippen LogP contribution in [0.3, 0.4) is 0 Å². The van der Waals surface area contributed by atoms with Crippen molar-refractivity contribution in [2.75, 3.05) is 0 Å². The van der Waals surface area contributed by atoms with Crippen LogP contribution in [0, 0.1) is 0 Å². The Labute approximate surface area is 78.2 Å². The van der Waals surface area contributed by atoms with Crippen LogP contribution in [0.1, 0.15) is 18.7 Å². The number of hydrogen-bond donors (Lipinski definition) is 1. The zero-order valence-electron chi connectivity index (χ0n) is 6.10. The first-order chi connectivity index (χ1) is 4.30. The Morgan fingerprint density at radius 2 is 2.00 bits per heavy atom. The molecule has 0 aliphatic carbocycles. The number of hydrogen-bond acceptors (Lipinski definition) is 3. The average molecular weight is 196 g/mol. The second-order valence-corrected chi connectivity index (χ2v) is 1.92. The summed E-state index contributed by atoms with van der Waals surface area (Å²) in [7, 11) is 0. The van der Waals surface area contributed by atoms with Crippen molar-refractivity contribution >= 4 is 24.8 Å². The molecular formula is C6H11Cl2N3. The Hall–Kier alpha value is -0.380. The quantitative estimate of drug-likeness (QED) is 0.737. The van der Waals surface area contributed by atoms with Gasteiger partial charge in [-0.25, -0.2) is 0 Å². The lowest BCUT2D eigenvalue weighted by atomic mass is 10.3. The fourth-order valence-corrected chi connectivity index (χ4v) is 0.546. The first kappa shape index (κ1) is 13.2. The van der Waals surface area contributed by atoms with E-state index in [0.717, 1.165) is 5.69 Å². The molecule has 0 radical (unpaired) electrons. The standard InChI is InChI=1S/C6H9N3.2ClH/c1-5(7)6-4-8-2-3-9-6;;/h2-5H,7H2,1H3;2*1H. The van der Waals surface area contributed by atoms with E-state index in [1.54, 1.807) is 18.6 Å². The lowest BCUT2D eigenvalue weighted by molar-refractivity contribution is 0.772. The maximum Gasteiger partial charge on any atom is 0.0751 e. The molecule has 1 rings (SSSR count). The van der Waals surface area contributed by atoms with Crippen LogP contribution in [-0.4, -0.2) is 9.97 Å². The largest absolute Gasteiger partial charge is 0.323 e. The third kappa shape index (κ3) is 4.14. The lowest BCUT2D eigenvalue weighted by Crippen LogP contribution is -2.06. The van der Waals surface area contributed by atoms with Gasteiger partial charge in [-0.15, -0.1) is 24.8 Å². The molecule has 0 spiro atoms. The van der Waals surface area contributed by atoms with Crippen LogP contribution < -0.4 is 5.73 Å². The summed E-state index contributed by atoms with van der Waals surface area (Å²) >= 11 is 0. The van der Waals surface area contributed by atoms with E-state index in [2.05, 4.69) is 9.97 Å². The van der Waals surface area contributed by atoms with E-state index in [-0.39, 0.29) is 30.9 Å². The number of aromatic nitrogens is 2. The van der Waals surface area contributed by atoms with E-state index in [0.29, 0.717) is 0 Å². The van der Waals surface area contributed by atoms with Crippen LogP contribution in [0.15, 0.2) is 18.6 Å². The van der Waals surface area contributed by atoms with Gasteiger partial charge in [-0.3, -0.25) is 9.97 Å². The second kappa shape index (κ2) is 6.34. The predicted molar refractivity (Wildman–Crippen MR) is 49.1 cm³/mol. The van der Waals surface area contributed by atoms with Gasteiger partial charge in [0.2, 0.25) is 0 Å². The highest BCUT2D eigenvalue weighted by Gasteiger charge is 1.96. The first-order valence-corrected chi connectivity index (χ1v) is 2.82. The zero-order chi connectivity index (χ0) is 6.69. The van der Waals surface area contributed by atoms with Crippen molar-refractivity contribution in [3.63, 3.8) is 0 Å². The highest BCUT2D eigenvalue weighted by atomic mass is 35.5. The van der Waals surface area contributed by atoms with Crippen LogP contribution >= 0.6 is 24.8 Å². The predicted octanol–water partition coefficient (Wildman–Crippen LogP) is 1.34. The molecule has 1 heterocycles. The fourth-order valence-electron chi connectivity index (χ4n) is 0.546. The van der Waals surface area contributed by atoms with Crippen molar-refractivity contribution in [3.8, 4) is 0 Å². The molecule has 1 aromatic rings. The van der Waals surface area contributed by atoms with Gasteiger partial charge in [0.25, 0.3) is 0 Å². The first-order valence-electron chi connectivity index (χ1n) is 2.82. The third-order valence-corrected chi connectivity index (χ3v) is 1.05.